The number of ether oxygens (including phenoxy) is 1. The first kappa shape index (κ1) is 10.9. The minimum Gasteiger partial charge on any atom is -0.480 e. The van der Waals surface area contributed by atoms with Crippen LogP contribution in [0.1, 0.15) is 36.7 Å². The van der Waals surface area contributed by atoms with Crippen LogP contribution in [0.25, 0.3) is 6.08 Å². The molecule has 1 heterocycles. The standard InChI is InChI=1S/C13H13FO2/c1-8(15)9-4-5-11-10(6-9)7-12(14)13(2,3)16-11/h4-7H,1-3H3. The van der Waals surface area contributed by atoms with Gasteiger partial charge < -0.3 is 4.74 Å². The van der Waals surface area contributed by atoms with Crippen molar-refractivity contribution < 1.29 is 13.9 Å². The fraction of sp³-hybridized carbons (Fsp3) is 0.308. The van der Waals surface area contributed by atoms with Crippen molar-refractivity contribution in [3.05, 3.63) is 35.2 Å². The fourth-order valence-corrected chi connectivity index (χ4v) is 1.61. The highest BCUT2D eigenvalue weighted by atomic mass is 19.1. The van der Waals surface area contributed by atoms with Gasteiger partial charge in [-0.3, -0.25) is 4.79 Å². The average molecular weight is 220 g/mol. The molecule has 1 aromatic rings. The lowest BCUT2D eigenvalue weighted by atomic mass is 9.99. The molecule has 0 unspecified atom stereocenters. The SMILES string of the molecule is CC(=O)c1ccc2c(c1)C=C(F)C(C)(C)O2. The second-order valence-electron chi connectivity index (χ2n) is 4.41. The van der Waals surface area contributed by atoms with E-state index in [1.54, 1.807) is 32.0 Å². The average Bonchev–Trinajstić information content (AvgIpc) is 2.18. The lowest BCUT2D eigenvalue weighted by molar-refractivity contribution is 0.101. The summed E-state index contributed by atoms with van der Waals surface area (Å²) in [5, 5.41) is 0. The van der Waals surface area contributed by atoms with E-state index in [0.29, 0.717) is 16.9 Å². The van der Waals surface area contributed by atoms with E-state index in [1.807, 2.05) is 0 Å². The third-order valence-electron chi connectivity index (χ3n) is 2.64. The van der Waals surface area contributed by atoms with Gasteiger partial charge in [-0.25, -0.2) is 4.39 Å². The van der Waals surface area contributed by atoms with Crippen LogP contribution in [0.4, 0.5) is 4.39 Å². The number of Topliss-reactive ketones (excluding diaryl/α,β-unsaturated/α-hetero) is 1. The second-order valence-corrected chi connectivity index (χ2v) is 4.41. The van der Waals surface area contributed by atoms with Gasteiger partial charge in [0.05, 0.1) is 0 Å². The predicted octanol–water partition coefficient (Wildman–Crippen LogP) is 3.37. The molecule has 3 heteroatoms. The molecule has 1 aliphatic heterocycles. The van der Waals surface area contributed by atoms with E-state index in [4.69, 9.17) is 4.74 Å². The second kappa shape index (κ2) is 3.44. The van der Waals surface area contributed by atoms with Gasteiger partial charge in [-0.2, -0.15) is 0 Å². The van der Waals surface area contributed by atoms with Crippen molar-refractivity contribution >= 4 is 11.9 Å². The first-order valence-corrected chi connectivity index (χ1v) is 5.12. The van der Waals surface area contributed by atoms with Gasteiger partial charge in [0, 0.05) is 11.1 Å². The van der Waals surface area contributed by atoms with Crippen molar-refractivity contribution in [2.24, 2.45) is 0 Å². The van der Waals surface area contributed by atoms with Gasteiger partial charge in [-0.15, -0.1) is 0 Å². The van der Waals surface area contributed by atoms with Gasteiger partial charge in [-0.1, -0.05) is 0 Å². The molecule has 0 aliphatic carbocycles. The number of carbonyl (C=O) groups excluding carboxylic acids is 1. The van der Waals surface area contributed by atoms with Gasteiger partial charge in [-0.05, 0) is 45.0 Å². The number of hydrogen-bond donors (Lipinski definition) is 0. The van der Waals surface area contributed by atoms with Gasteiger partial charge in [0.15, 0.2) is 11.4 Å². The van der Waals surface area contributed by atoms with Crippen LogP contribution in [0.3, 0.4) is 0 Å². The molecule has 2 nitrogen and oxygen atoms in total. The van der Waals surface area contributed by atoms with E-state index >= 15 is 0 Å². The summed E-state index contributed by atoms with van der Waals surface area (Å²) in [5.41, 5.74) is 0.251. The molecule has 0 spiro atoms. The zero-order valence-electron chi connectivity index (χ0n) is 9.50. The van der Waals surface area contributed by atoms with E-state index in [0.717, 1.165) is 0 Å². The molecule has 0 bridgehead atoms. The highest BCUT2D eigenvalue weighted by molar-refractivity contribution is 5.95. The molecule has 0 atom stereocenters. The summed E-state index contributed by atoms with van der Waals surface area (Å²) in [7, 11) is 0. The smallest absolute Gasteiger partial charge is 0.159 e. The van der Waals surface area contributed by atoms with Crippen LogP contribution in [0.15, 0.2) is 24.0 Å². The first-order chi connectivity index (χ1) is 7.40. The van der Waals surface area contributed by atoms with Crippen LogP contribution < -0.4 is 4.74 Å². The Kier molecular flexibility index (Phi) is 2.34. The number of rotatable bonds is 1. The molecule has 84 valence electrons. The van der Waals surface area contributed by atoms with Crippen LogP contribution in [0, 0.1) is 0 Å². The predicted molar refractivity (Wildman–Crippen MR) is 60.2 cm³/mol. The Hall–Kier alpha value is -1.64. The Morgan fingerprint density at radius 3 is 2.69 bits per heavy atom. The lowest BCUT2D eigenvalue weighted by Crippen LogP contribution is -2.31. The first-order valence-electron chi connectivity index (χ1n) is 5.12. The monoisotopic (exact) mass is 220 g/mol. The van der Waals surface area contributed by atoms with Crippen molar-refractivity contribution in [3.63, 3.8) is 0 Å². The number of ketones is 1. The van der Waals surface area contributed by atoms with E-state index in [-0.39, 0.29) is 11.6 Å². The summed E-state index contributed by atoms with van der Waals surface area (Å²) in [6, 6.07) is 5.04. The van der Waals surface area contributed by atoms with Crippen LogP contribution >= 0.6 is 0 Å². The van der Waals surface area contributed by atoms with E-state index < -0.39 is 5.60 Å². The molecule has 2 rings (SSSR count). The Morgan fingerprint density at radius 1 is 1.38 bits per heavy atom. The fourth-order valence-electron chi connectivity index (χ4n) is 1.61. The largest absolute Gasteiger partial charge is 0.480 e. The minimum atomic E-state index is -0.926. The summed E-state index contributed by atoms with van der Waals surface area (Å²) in [4.78, 5) is 11.2. The molecule has 0 amide bonds. The lowest BCUT2D eigenvalue weighted by Gasteiger charge is -2.29. The van der Waals surface area contributed by atoms with E-state index in [9.17, 15) is 9.18 Å². The number of fused-ring (bicyclic) bond motifs is 1. The van der Waals surface area contributed by atoms with Crippen LogP contribution in [-0.4, -0.2) is 11.4 Å². The Bertz CT molecular complexity index is 487. The molecular formula is C13H13FO2. The van der Waals surface area contributed by atoms with Crippen molar-refractivity contribution in [3.8, 4) is 5.75 Å². The van der Waals surface area contributed by atoms with Gasteiger partial charge in [0.1, 0.15) is 11.6 Å². The third kappa shape index (κ3) is 1.73. The molecule has 0 fully saturated rings. The maximum Gasteiger partial charge on any atom is 0.159 e. The molecule has 0 N–H and O–H groups in total. The zero-order valence-corrected chi connectivity index (χ0v) is 9.50. The highest BCUT2D eigenvalue weighted by Gasteiger charge is 2.30. The van der Waals surface area contributed by atoms with Gasteiger partial charge in [0.25, 0.3) is 0 Å². The summed E-state index contributed by atoms with van der Waals surface area (Å²) >= 11 is 0. The van der Waals surface area contributed by atoms with E-state index in [1.165, 1.54) is 13.0 Å². The van der Waals surface area contributed by atoms with Crippen LogP contribution in [0.5, 0.6) is 5.75 Å². The number of benzene rings is 1. The summed E-state index contributed by atoms with van der Waals surface area (Å²) < 4.78 is 19.1. The normalized spacial score (nSPS) is 17.1. The number of carbonyl (C=O) groups is 1. The van der Waals surface area contributed by atoms with Crippen LogP contribution in [-0.2, 0) is 0 Å². The van der Waals surface area contributed by atoms with Crippen molar-refractivity contribution in [1.82, 2.24) is 0 Å². The zero-order chi connectivity index (χ0) is 11.9. The molecule has 1 aromatic carbocycles. The molecule has 0 saturated carbocycles. The maximum atomic E-state index is 13.6. The minimum absolute atomic E-state index is 0.0403. The molecule has 0 saturated heterocycles. The van der Waals surface area contributed by atoms with Crippen molar-refractivity contribution in [2.45, 2.75) is 26.4 Å². The summed E-state index contributed by atoms with van der Waals surface area (Å²) in [6.45, 7) is 4.82. The van der Waals surface area contributed by atoms with Gasteiger partial charge in [0.2, 0.25) is 0 Å². The third-order valence-corrected chi connectivity index (χ3v) is 2.64. The highest BCUT2D eigenvalue weighted by Crippen LogP contribution is 2.36. The molecular weight excluding hydrogens is 207 g/mol. The quantitative estimate of drug-likeness (QED) is 0.678. The molecule has 1 aliphatic rings. The topological polar surface area (TPSA) is 26.3 Å². The Morgan fingerprint density at radius 2 is 2.06 bits per heavy atom. The van der Waals surface area contributed by atoms with Crippen molar-refractivity contribution in [2.75, 3.05) is 0 Å². The summed E-state index contributed by atoms with van der Waals surface area (Å²) in [6.07, 6.45) is 1.42. The maximum absolute atomic E-state index is 13.6. The van der Waals surface area contributed by atoms with Crippen LogP contribution in [0.2, 0.25) is 0 Å². The number of hydrogen-bond acceptors (Lipinski definition) is 2. The number of halogens is 1. The van der Waals surface area contributed by atoms with Gasteiger partial charge >= 0.3 is 0 Å². The molecule has 16 heavy (non-hydrogen) atoms. The Labute approximate surface area is 93.7 Å². The molecule has 0 radical (unpaired) electrons. The van der Waals surface area contributed by atoms with E-state index in [2.05, 4.69) is 0 Å². The van der Waals surface area contributed by atoms with Crippen molar-refractivity contribution in [1.29, 1.82) is 0 Å². The summed E-state index contributed by atoms with van der Waals surface area (Å²) in [5.74, 6) is 0.235. The molecule has 0 aromatic heterocycles. The Balaban J connectivity index is 2.51.